The molecule has 0 amide bonds. The molecule has 1 fully saturated rings. The molecule has 0 aromatic carbocycles. The van der Waals surface area contributed by atoms with Crippen molar-refractivity contribution in [3.05, 3.63) is 17.7 Å². The number of aromatic nitrogens is 2. The highest BCUT2D eigenvalue weighted by atomic mass is 35.5. The fourth-order valence-electron chi connectivity index (χ4n) is 2.34. The van der Waals surface area contributed by atoms with Crippen LogP contribution in [0.2, 0.25) is 5.28 Å². The quantitative estimate of drug-likeness (QED) is 0.608. The first-order valence-electron chi connectivity index (χ1n) is 6.51. The molecule has 2 rings (SSSR count). The van der Waals surface area contributed by atoms with Gasteiger partial charge in [0.1, 0.15) is 4.90 Å². The molecule has 21 heavy (non-hydrogen) atoms. The Bertz CT molecular complexity index is 605. The molecule has 0 aliphatic carbocycles. The van der Waals surface area contributed by atoms with Gasteiger partial charge in [0.05, 0.1) is 25.9 Å². The molecular weight excluding hydrogens is 318 g/mol. The molecule has 0 N–H and O–H groups in total. The first-order chi connectivity index (χ1) is 9.95. The second kappa shape index (κ2) is 6.67. The van der Waals surface area contributed by atoms with Crippen LogP contribution in [-0.2, 0) is 19.6 Å². The molecule has 7 nitrogen and oxygen atoms in total. The second-order valence-corrected chi connectivity index (χ2v) is 6.96. The van der Waals surface area contributed by atoms with E-state index in [9.17, 15) is 13.2 Å². The number of piperidine rings is 1. The summed E-state index contributed by atoms with van der Waals surface area (Å²) >= 11 is 5.57. The molecule has 116 valence electrons. The van der Waals surface area contributed by atoms with Crippen molar-refractivity contribution >= 4 is 27.6 Å². The lowest BCUT2D eigenvalue weighted by Crippen LogP contribution is -2.44. The van der Waals surface area contributed by atoms with E-state index in [0.717, 1.165) is 12.8 Å². The van der Waals surface area contributed by atoms with E-state index >= 15 is 0 Å². The maximum Gasteiger partial charge on any atom is 0.307 e. The van der Waals surface area contributed by atoms with Crippen molar-refractivity contribution in [3.63, 3.8) is 0 Å². The maximum absolute atomic E-state index is 12.6. The zero-order chi connectivity index (χ0) is 15.5. The predicted octanol–water partition coefficient (Wildman–Crippen LogP) is 1.24. The Kier molecular flexibility index (Phi) is 5.13. The van der Waals surface area contributed by atoms with Crippen LogP contribution in [0.1, 0.15) is 25.7 Å². The number of rotatable bonds is 4. The average molecular weight is 334 g/mol. The summed E-state index contributed by atoms with van der Waals surface area (Å²) in [4.78, 5) is 18.8. The van der Waals surface area contributed by atoms with E-state index in [1.54, 1.807) is 0 Å². The third-order valence-corrected chi connectivity index (χ3v) is 5.51. The van der Waals surface area contributed by atoms with Crippen molar-refractivity contribution < 1.29 is 17.9 Å². The van der Waals surface area contributed by atoms with E-state index in [1.165, 1.54) is 23.8 Å². The van der Waals surface area contributed by atoms with Crippen LogP contribution in [0.5, 0.6) is 0 Å². The number of esters is 1. The largest absolute Gasteiger partial charge is 0.469 e. The van der Waals surface area contributed by atoms with Gasteiger partial charge < -0.3 is 4.74 Å². The monoisotopic (exact) mass is 333 g/mol. The zero-order valence-corrected chi connectivity index (χ0v) is 13.1. The first-order valence-corrected chi connectivity index (χ1v) is 8.33. The van der Waals surface area contributed by atoms with Gasteiger partial charge in [0.25, 0.3) is 0 Å². The number of nitrogens with zero attached hydrogens (tertiary/aromatic N) is 3. The molecule has 1 atom stereocenters. The second-order valence-electron chi connectivity index (χ2n) is 4.73. The molecule has 0 radical (unpaired) electrons. The van der Waals surface area contributed by atoms with Gasteiger partial charge in [-0.1, -0.05) is 6.42 Å². The first kappa shape index (κ1) is 16.1. The van der Waals surface area contributed by atoms with E-state index in [1.807, 2.05) is 0 Å². The zero-order valence-electron chi connectivity index (χ0n) is 11.5. The van der Waals surface area contributed by atoms with Crippen LogP contribution < -0.4 is 0 Å². The van der Waals surface area contributed by atoms with Gasteiger partial charge >= 0.3 is 5.97 Å². The van der Waals surface area contributed by atoms with Crippen LogP contribution in [0, 0.1) is 0 Å². The van der Waals surface area contributed by atoms with Gasteiger partial charge in [0, 0.05) is 12.6 Å². The molecule has 1 unspecified atom stereocenters. The lowest BCUT2D eigenvalue weighted by Gasteiger charge is -2.33. The number of methoxy groups -OCH3 is 1. The Morgan fingerprint density at radius 2 is 2.10 bits per heavy atom. The van der Waals surface area contributed by atoms with Crippen molar-refractivity contribution in [1.29, 1.82) is 0 Å². The minimum Gasteiger partial charge on any atom is -0.469 e. The Balaban J connectivity index is 2.27. The highest BCUT2D eigenvalue weighted by Crippen LogP contribution is 2.27. The van der Waals surface area contributed by atoms with Crippen LogP contribution in [0.4, 0.5) is 0 Å². The van der Waals surface area contributed by atoms with E-state index in [-0.39, 0.29) is 16.6 Å². The number of halogens is 1. The molecule has 9 heteroatoms. The number of ether oxygens (including phenoxy) is 1. The fraction of sp³-hybridized carbons (Fsp3) is 0.583. The summed E-state index contributed by atoms with van der Waals surface area (Å²) in [5.74, 6) is -0.422. The Hall–Kier alpha value is -1.25. The summed E-state index contributed by atoms with van der Waals surface area (Å²) in [6, 6.07) is -0.396. The molecule has 1 saturated heterocycles. The smallest absolute Gasteiger partial charge is 0.307 e. The Morgan fingerprint density at radius 3 is 2.71 bits per heavy atom. The van der Waals surface area contributed by atoms with Gasteiger partial charge in [-0.05, 0) is 24.4 Å². The van der Waals surface area contributed by atoms with Crippen molar-refractivity contribution in [1.82, 2.24) is 14.3 Å². The van der Waals surface area contributed by atoms with E-state index < -0.39 is 22.0 Å². The van der Waals surface area contributed by atoms with Gasteiger partial charge in [-0.25, -0.2) is 18.4 Å². The molecule has 0 saturated carbocycles. The maximum atomic E-state index is 12.6. The lowest BCUT2D eigenvalue weighted by molar-refractivity contribution is -0.141. The van der Waals surface area contributed by atoms with Gasteiger partial charge in [0.15, 0.2) is 0 Å². The topological polar surface area (TPSA) is 89.5 Å². The Morgan fingerprint density at radius 1 is 1.43 bits per heavy atom. The number of carbonyl (C=O) groups is 1. The summed E-state index contributed by atoms with van der Waals surface area (Å²) in [5, 5.41) is -0.0151. The van der Waals surface area contributed by atoms with Crippen LogP contribution in [0.3, 0.4) is 0 Å². The minimum atomic E-state index is -3.74. The van der Waals surface area contributed by atoms with E-state index in [2.05, 4.69) is 14.7 Å². The molecule has 1 aliphatic rings. The van der Waals surface area contributed by atoms with Crippen LogP contribution in [-0.4, -0.2) is 48.4 Å². The lowest BCUT2D eigenvalue weighted by atomic mass is 10.0. The highest BCUT2D eigenvalue weighted by molar-refractivity contribution is 7.89. The van der Waals surface area contributed by atoms with Crippen molar-refractivity contribution in [2.24, 2.45) is 0 Å². The molecule has 0 spiro atoms. The van der Waals surface area contributed by atoms with Gasteiger partial charge in [0.2, 0.25) is 15.3 Å². The summed E-state index contributed by atoms with van der Waals surface area (Å²) in [7, 11) is -2.45. The summed E-state index contributed by atoms with van der Waals surface area (Å²) in [6.07, 6.45) is 4.66. The number of hydrogen-bond acceptors (Lipinski definition) is 6. The predicted molar refractivity (Wildman–Crippen MR) is 75.2 cm³/mol. The van der Waals surface area contributed by atoms with Gasteiger partial charge in [-0.15, -0.1) is 0 Å². The summed E-state index contributed by atoms with van der Waals surface area (Å²) in [5.41, 5.74) is 0. The SMILES string of the molecule is COC(=O)CC1CCCCN1S(=O)(=O)c1cnc(Cl)nc1. The highest BCUT2D eigenvalue weighted by Gasteiger charge is 2.35. The molecule has 2 heterocycles. The summed E-state index contributed by atoms with van der Waals surface area (Å²) < 4.78 is 31.2. The Labute approximate surface area is 128 Å². The van der Waals surface area contributed by atoms with E-state index in [0.29, 0.717) is 13.0 Å². The van der Waals surface area contributed by atoms with E-state index in [4.69, 9.17) is 11.6 Å². The standard InChI is InChI=1S/C12H16ClN3O4S/c1-20-11(17)6-9-4-2-3-5-16(9)21(18,19)10-7-14-12(13)15-8-10/h7-9H,2-6H2,1H3. The van der Waals surface area contributed by atoms with Gasteiger partial charge in [-0.2, -0.15) is 4.31 Å². The van der Waals surface area contributed by atoms with Crippen molar-refractivity contribution in [2.45, 2.75) is 36.6 Å². The normalized spacial score (nSPS) is 20.2. The molecule has 1 aromatic rings. The molecular formula is C12H16ClN3O4S. The summed E-state index contributed by atoms with van der Waals surface area (Å²) in [6.45, 7) is 0.368. The number of carbonyl (C=O) groups excluding carboxylic acids is 1. The minimum absolute atomic E-state index is 0.0151. The van der Waals surface area contributed by atoms with Gasteiger partial charge in [-0.3, -0.25) is 4.79 Å². The fourth-order valence-corrected chi connectivity index (χ4v) is 4.02. The van der Waals surface area contributed by atoms with Crippen molar-refractivity contribution in [2.75, 3.05) is 13.7 Å². The number of hydrogen-bond donors (Lipinski definition) is 0. The molecule has 1 aliphatic heterocycles. The molecule has 1 aromatic heterocycles. The third-order valence-electron chi connectivity index (χ3n) is 3.41. The van der Waals surface area contributed by atoms with Crippen LogP contribution in [0.25, 0.3) is 0 Å². The van der Waals surface area contributed by atoms with Crippen LogP contribution in [0.15, 0.2) is 17.3 Å². The van der Waals surface area contributed by atoms with Crippen molar-refractivity contribution in [3.8, 4) is 0 Å². The molecule has 0 bridgehead atoms. The van der Waals surface area contributed by atoms with Crippen LogP contribution >= 0.6 is 11.6 Å². The third kappa shape index (κ3) is 3.69. The average Bonchev–Trinajstić information content (AvgIpc) is 2.48. The number of sulfonamides is 1.